The van der Waals surface area contributed by atoms with Crippen molar-refractivity contribution >= 4 is 0 Å². The Hall–Kier alpha value is -0.160. The molecule has 4 heteroatoms. The number of nitrogens with zero attached hydrogens (tertiary/aromatic N) is 1. The standard InChI is InChI=1S/C9H22N4/c1-6-5-7(2)13(4)9(11-6)12-8(3)10/h6-9,11-12H,5,10H2,1-4H3. The van der Waals surface area contributed by atoms with Crippen molar-refractivity contribution in [2.75, 3.05) is 7.05 Å². The van der Waals surface area contributed by atoms with Gasteiger partial charge in [-0.15, -0.1) is 0 Å². The van der Waals surface area contributed by atoms with E-state index in [1.165, 1.54) is 6.42 Å². The maximum atomic E-state index is 5.70. The molecule has 0 radical (unpaired) electrons. The first-order chi connectivity index (χ1) is 6.00. The van der Waals surface area contributed by atoms with E-state index in [9.17, 15) is 0 Å². The van der Waals surface area contributed by atoms with Gasteiger partial charge in [0, 0.05) is 12.1 Å². The Labute approximate surface area is 80.9 Å². The molecule has 4 nitrogen and oxygen atoms in total. The van der Waals surface area contributed by atoms with Crippen LogP contribution in [0.2, 0.25) is 0 Å². The molecule has 4 unspecified atom stereocenters. The summed E-state index contributed by atoms with van der Waals surface area (Å²) < 4.78 is 0. The first-order valence-electron chi connectivity index (χ1n) is 5.00. The summed E-state index contributed by atoms with van der Waals surface area (Å²) in [5.74, 6) is 0. The van der Waals surface area contributed by atoms with Gasteiger partial charge < -0.3 is 5.73 Å². The van der Waals surface area contributed by atoms with E-state index in [1.807, 2.05) is 6.92 Å². The van der Waals surface area contributed by atoms with E-state index in [0.29, 0.717) is 12.1 Å². The van der Waals surface area contributed by atoms with Crippen LogP contribution >= 0.6 is 0 Å². The van der Waals surface area contributed by atoms with Gasteiger partial charge in [0.15, 0.2) is 0 Å². The Balaban J connectivity index is 2.50. The van der Waals surface area contributed by atoms with E-state index in [2.05, 4.69) is 36.4 Å². The monoisotopic (exact) mass is 186 g/mol. The smallest absolute Gasteiger partial charge is 0.115 e. The van der Waals surface area contributed by atoms with E-state index in [1.54, 1.807) is 0 Å². The molecule has 0 aromatic heterocycles. The Bertz CT molecular complexity index is 158. The van der Waals surface area contributed by atoms with Gasteiger partial charge in [-0.05, 0) is 34.2 Å². The van der Waals surface area contributed by atoms with Crippen LogP contribution in [0.25, 0.3) is 0 Å². The fourth-order valence-electron chi connectivity index (χ4n) is 1.80. The zero-order valence-electron chi connectivity index (χ0n) is 9.04. The molecule has 1 aliphatic rings. The molecule has 1 heterocycles. The van der Waals surface area contributed by atoms with Gasteiger partial charge in [0.1, 0.15) is 6.29 Å². The second-order valence-corrected chi connectivity index (χ2v) is 4.18. The predicted molar refractivity (Wildman–Crippen MR) is 55.0 cm³/mol. The maximum absolute atomic E-state index is 5.70. The largest absolute Gasteiger partial charge is 0.316 e. The lowest BCUT2D eigenvalue weighted by molar-refractivity contribution is 0.0568. The van der Waals surface area contributed by atoms with Crippen LogP contribution in [0.5, 0.6) is 0 Å². The molecule has 1 aliphatic heterocycles. The average molecular weight is 186 g/mol. The molecule has 1 saturated heterocycles. The number of rotatable bonds is 2. The molecule has 1 rings (SSSR count). The zero-order valence-corrected chi connectivity index (χ0v) is 9.04. The summed E-state index contributed by atoms with van der Waals surface area (Å²) in [4.78, 5) is 2.28. The summed E-state index contributed by atoms with van der Waals surface area (Å²) >= 11 is 0. The molecular formula is C9H22N4. The van der Waals surface area contributed by atoms with Gasteiger partial charge in [0.25, 0.3) is 0 Å². The van der Waals surface area contributed by atoms with Crippen molar-refractivity contribution in [2.45, 2.75) is 51.7 Å². The molecule has 0 spiro atoms. The maximum Gasteiger partial charge on any atom is 0.115 e. The molecule has 0 saturated carbocycles. The van der Waals surface area contributed by atoms with Gasteiger partial charge in [0.2, 0.25) is 0 Å². The summed E-state index contributed by atoms with van der Waals surface area (Å²) in [5.41, 5.74) is 5.70. The molecule has 1 fully saturated rings. The molecule has 13 heavy (non-hydrogen) atoms. The minimum Gasteiger partial charge on any atom is -0.316 e. The van der Waals surface area contributed by atoms with Crippen molar-refractivity contribution in [1.29, 1.82) is 0 Å². The highest BCUT2D eigenvalue weighted by Gasteiger charge is 2.27. The van der Waals surface area contributed by atoms with Crippen LogP contribution in [0.15, 0.2) is 0 Å². The van der Waals surface area contributed by atoms with Gasteiger partial charge in [-0.25, -0.2) is 0 Å². The Morgan fingerprint density at radius 2 is 2.15 bits per heavy atom. The molecule has 0 aromatic carbocycles. The molecule has 0 bridgehead atoms. The third-order valence-electron chi connectivity index (χ3n) is 2.66. The molecule has 0 aliphatic carbocycles. The van der Waals surface area contributed by atoms with Crippen LogP contribution < -0.4 is 16.4 Å². The summed E-state index contributed by atoms with van der Waals surface area (Å²) in [5, 5.41) is 6.75. The van der Waals surface area contributed by atoms with E-state index in [4.69, 9.17) is 5.73 Å². The van der Waals surface area contributed by atoms with Gasteiger partial charge in [-0.1, -0.05) is 0 Å². The third-order valence-corrected chi connectivity index (χ3v) is 2.66. The molecule has 4 atom stereocenters. The van der Waals surface area contributed by atoms with Crippen molar-refractivity contribution < 1.29 is 0 Å². The normalized spacial score (nSPS) is 39.0. The second kappa shape index (κ2) is 4.37. The number of hydrogen-bond acceptors (Lipinski definition) is 4. The lowest BCUT2D eigenvalue weighted by Crippen LogP contribution is -2.65. The van der Waals surface area contributed by atoms with Crippen LogP contribution in [0.1, 0.15) is 27.2 Å². The van der Waals surface area contributed by atoms with E-state index < -0.39 is 0 Å². The third kappa shape index (κ3) is 2.91. The second-order valence-electron chi connectivity index (χ2n) is 4.18. The van der Waals surface area contributed by atoms with Crippen molar-refractivity contribution in [3.05, 3.63) is 0 Å². The minimum atomic E-state index is 0.0254. The van der Waals surface area contributed by atoms with E-state index in [-0.39, 0.29) is 12.5 Å². The SMILES string of the molecule is CC(N)NC1NC(C)CC(C)N1C. The van der Waals surface area contributed by atoms with E-state index >= 15 is 0 Å². The lowest BCUT2D eigenvalue weighted by atomic mass is 10.1. The van der Waals surface area contributed by atoms with Gasteiger partial charge in [-0.3, -0.25) is 15.5 Å². The highest BCUT2D eigenvalue weighted by atomic mass is 15.4. The number of nitrogens with one attached hydrogen (secondary N) is 2. The molecule has 0 amide bonds. The van der Waals surface area contributed by atoms with Crippen LogP contribution in [0, 0.1) is 0 Å². The molecule has 78 valence electrons. The van der Waals surface area contributed by atoms with Crippen LogP contribution in [-0.2, 0) is 0 Å². The molecular weight excluding hydrogens is 164 g/mol. The Morgan fingerprint density at radius 1 is 1.54 bits per heavy atom. The van der Waals surface area contributed by atoms with Crippen molar-refractivity contribution in [1.82, 2.24) is 15.5 Å². The number of hydrogen-bond donors (Lipinski definition) is 3. The topological polar surface area (TPSA) is 53.3 Å². The van der Waals surface area contributed by atoms with Crippen molar-refractivity contribution in [2.24, 2.45) is 5.73 Å². The fraction of sp³-hybridized carbons (Fsp3) is 1.00. The summed E-state index contributed by atoms with van der Waals surface area (Å²) in [6.45, 7) is 6.41. The van der Waals surface area contributed by atoms with E-state index in [0.717, 1.165) is 0 Å². The zero-order chi connectivity index (χ0) is 10.0. The van der Waals surface area contributed by atoms with Gasteiger partial charge in [0.05, 0.1) is 6.17 Å². The summed E-state index contributed by atoms with van der Waals surface area (Å²) in [6.07, 6.45) is 1.42. The Kier molecular flexibility index (Phi) is 3.67. The van der Waals surface area contributed by atoms with Gasteiger partial charge in [-0.2, -0.15) is 0 Å². The van der Waals surface area contributed by atoms with Crippen LogP contribution in [0.3, 0.4) is 0 Å². The lowest BCUT2D eigenvalue weighted by Gasteiger charge is -2.42. The Morgan fingerprint density at radius 3 is 2.69 bits per heavy atom. The van der Waals surface area contributed by atoms with Crippen molar-refractivity contribution in [3.63, 3.8) is 0 Å². The predicted octanol–water partition coefficient (Wildman–Crippen LogP) is -0.134. The highest BCUT2D eigenvalue weighted by Crippen LogP contribution is 2.12. The highest BCUT2D eigenvalue weighted by molar-refractivity contribution is 4.82. The quantitative estimate of drug-likeness (QED) is 0.526. The van der Waals surface area contributed by atoms with Crippen molar-refractivity contribution in [3.8, 4) is 0 Å². The first-order valence-corrected chi connectivity index (χ1v) is 5.00. The molecule has 0 aromatic rings. The molecule has 4 N–H and O–H groups in total. The van der Waals surface area contributed by atoms with Gasteiger partial charge >= 0.3 is 0 Å². The average Bonchev–Trinajstić information content (AvgIpc) is 1.98. The fourth-order valence-corrected chi connectivity index (χ4v) is 1.80. The summed E-state index contributed by atoms with van der Waals surface area (Å²) in [6, 6.07) is 1.16. The van der Waals surface area contributed by atoms with Crippen LogP contribution in [0.4, 0.5) is 0 Å². The minimum absolute atomic E-state index is 0.0254. The first kappa shape index (κ1) is 10.9. The summed E-state index contributed by atoms with van der Waals surface area (Å²) in [7, 11) is 2.11. The van der Waals surface area contributed by atoms with Crippen LogP contribution in [-0.4, -0.2) is 36.5 Å². The number of nitrogens with two attached hydrogens (primary N) is 1.